The molecule has 0 bridgehead atoms. The lowest BCUT2D eigenvalue weighted by Crippen LogP contribution is -2.42. The predicted molar refractivity (Wildman–Crippen MR) is 45.0 cm³/mol. The van der Waals surface area contributed by atoms with E-state index >= 15 is 0 Å². The summed E-state index contributed by atoms with van der Waals surface area (Å²) in [6.45, 7) is 7.97. The van der Waals surface area contributed by atoms with Crippen molar-refractivity contribution in [1.82, 2.24) is 5.32 Å². The minimum Gasteiger partial charge on any atom is -0.314 e. The molecular weight excluding hydrogens is 122 g/mol. The molecule has 0 spiro atoms. The Hall–Kier alpha value is -0.0400. The van der Waals surface area contributed by atoms with Gasteiger partial charge in [0.1, 0.15) is 0 Å². The Morgan fingerprint density at radius 3 is 2.40 bits per heavy atom. The summed E-state index contributed by atoms with van der Waals surface area (Å²) in [5.74, 6) is 1.90. The standard InChI is InChI=1S/C9H19N/c1-4-10-9-5-8(6-9)7(2)3/h7-10H,4-6H2,1-3H3. The van der Waals surface area contributed by atoms with Crippen molar-refractivity contribution in [2.45, 2.75) is 39.7 Å². The molecule has 1 saturated carbocycles. The Balaban J connectivity index is 2.06. The summed E-state index contributed by atoms with van der Waals surface area (Å²) in [6.07, 6.45) is 2.82. The lowest BCUT2D eigenvalue weighted by atomic mass is 9.74. The zero-order chi connectivity index (χ0) is 7.56. The molecule has 0 atom stereocenters. The molecule has 1 rings (SSSR count). The van der Waals surface area contributed by atoms with Gasteiger partial charge in [0, 0.05) is 6.04 Å². The molecule has 0 saturated heterocycles. The van der Waals surface area contributed by atoms with E-state index in [4.69, 9.17) is 0 Å². The SMILES string of the molecule is CCNC1CC(C(C)C)C1. The fourth-order valence-corrected chi connectivity index (χ4v) is 1.66. The van der Waals surface area contributed by atoms with Crippen molar-refractivity contribution in [3.8, 4) is 0 Å². The van der Waals surface area contributed by atoms with Crippen LogP contribution in [0.1, 0.15) is 33.6 Å². The molecule has 1 fully saturated rings. The minimum atomic E-state index is 0.845. The van der Waals surface area contributed by atoms with Gasteiger partial charge in [0.15, 0.2) is 0 Å². The second-order valence-corrected chi connectivity index (χ2v) is 3.73. The van der Waals surface area contributed by atoms with Crippen molar-refractivity contribution in [3.63, 3.8) is 0 Å². The average molecular weight is 141 g/mol. The molecule has 1 aliphatic rings. The number of rotatable bonds is 3. The van der Waals surface area contributed by atoms with E-state index in [2.05, 4.69) is 26.1 Å². The molecule has 0 unspecified atom stereocenters. The molecule has 1 aliphatic carbocycles. The molecular formula is C9H19N. The van der Waals surface area contributed by atoms with Crippen molar-refractivity contribution < 1.29 is 0 Å². The van der Waals surface area contributed by atoms with Gasteiger partial charge in [-0.2, -0.15) is 0 Å². The highest BCUT2D eigenvalue weighted by atomic mass is 14.9. The van der Waals surface area contributed by atoms with Gasteiger partial charge in [0.05, 0.1) is 0 Å². The highest BCUT2D eigenvalue weighted by Gasteiger charge is 2.29. The molecule has 1 N–H and O–H groups in total. The van der Waals surface area contributed by atoms with Crippen LogP contribution in [0.25, 0.3) is 0 Å². The van der Waals surface area contributed by atoms with E-state index in [9.17, 15) is 0 Å². The maximum Gasteiger partial charge on any atom is 0.00724 e. The van der Waals surface area contributed by atoms with E-state index in [1.165, 1.54) is 12.8 Å². The molecule has 0 heterocycles. The third kappa shape index (κ3) is 1.72. The maximum absolute atomic E-state index is 3.47. The van der Waals surface area contributed by atoms with Crippen LogP contribution in [0.2, 0.25) is 0 Å². The zero-order valence-electron chi connectivity index (χ0n) is 7.35. The summed E-state index contributed by atoms with van der Waals surface area (Å²) in [6, 6.07) is 0.845. The first kappa shape index (κ1) is 8.06. The predicted octanol–water partition coefficient (Wildman–Crippen LogP) is 2.03. The summed E-state index contributed by atoms with van der Waals surface area (Å²) < 4.78 is 0. The van der Waals surface area contributed by atoms with Gasteiger partial charge in [-0.05, 0) is 31.2 Å². The van der Waals surface area contributed by atoms with Crippen LogP contribution in [-0.2, 0) is 0 Å². The highest BCUT2D eigenvalue weighted by Crippen LogP contribution is 2.33. The Morgan fingerprint density at radius 2 is 2.00 bits per heavy atom. The third-order valence-corrected chi connectivity index (χ3v) is 2.61. The van der Waals surface area contributed by atoms with Crippen molar-refractivity contribution in [2.24, 2.45) is 11.8 Å². The quantitative estimate of drug-likeness (QED) is 0.634. The first-order valence-electron chi connectivity index (χ1n) is 4.47. The Kier molecular flexibility index (Phi) is 2.72. The second kappa shape index (κ2) is 3.38. The van der Waals surface area contributed by atoms with E-state index in [1.807, 2.05) is 0 Å². The number of hydrogen-bond acceptors (Lipinski definition) is 1. The van der Waals surface area contributed by atoms with Crippen LogP contribution in [0, 0.1) is 11.8 Å². The minimum absolute atomic E-state index is 0.845. The lowest BCUT2D eigenvalue weighted by molar-refractivity contribution is 0.171. The summed E-state index contributed by atoms with van der Waals surface area (Å²) in [5, 5.41) is 3.47. The molecule has 1 nitrogen and oxygen atoms in total. The summed E-state index contributed by atoms with van der Waals surface area (Å²) in [7, 11) is 0. The highest BCUT2D eigenvalue weighted by molar-refractivity contribution is 4.85. The van der Waals surface area contributed by atoms with Gasteiger partial charge >= 0.3 is 0 Å². The van der Waals surface area contributed by atoms with Gasteiger partial charge in [-0.1, -0.05) is 20.8 Å². The fourth-order valence-electron chi connectivity index (χ4n) is 1.66. The normalized spacial score (nSPS) is 32.4. The van der Waals surface area contributed by atoms with Gasteiger partial charge in [-0.3, -0.25) is 0 Å². The first-order chi connectivity index (χ1) is 4.74. The van der Waals surface area contributed by atoms with Gasteiger partial charge in [-0.25, -0.2) is 0 Å². The van der Waals surface area contributed by atoms with E-state index < -0.39 is 0 Å². The average Bonchev–Trinajstić information content (AvgIpc) is 1.76. The van der Waals surface area contributed by atoms with Crippen molar-refractivity contribution in [2.75, 3.05) is 6.54 Å². The summed E-state index contributed by atoms with van der Waals surface area (Å²) in [4.78, 5) is 0. The molecule has 0 amide bonds. The van der Waals surface area contributed by atoms with Crippen molar-refractivity contribution >= 4 is 0 Å². The van der Waals surface area contributed by atoms with Crippen LogP contribution in [0.3, 0.4) is 0 Å². The smallest absolute Gasteiger partial charge is 0.00724 e. The third-order valence-electron chi connectivity index (χ3n) is 2.61. The van der Waals surface area contributed by atoms with Gasteiger partial charge < -0.3 is 5.32 Å². The van der Waals surface area contributed by atoms with E-state index in [0.717, 1.165) is 24.4 Å². The van der Waals surface area contributed by atoms with E-state index in [1.54, 1.807) is 0 Å². The van der Waals surface area contributed by atoms with Crippen molar-refractivity contribution in [3.05, 3.63) is 0 Å². The molecule has 0 aromatic heterocycles. The Bertz CT molecular complexity index is 92.9. The molecule has 1 heteroatoms. The monoisotopic (exact) mass is 141 g/mol. The second-order valence-electron chi connectivity index (χ2n) is 3.73. The van der Waals surface area contributed by atoms with Gasteiger partial charge in [0.25, 0.3) is 0 Å². The number of nitrogens with one attached hydrogen (secondary N) is 1. The van der Waals surface area contributed by atoms with Crippen LogP contribution < -0.4 is 5.32 Å². The van der Waals surface area contributed by atoms with Crippen molar-refractivity contribution in [1.29, 1.82) is 0 Å². The van der Waals surface area contributed by atoms with Crippen LogP contribution >= 0.6 is 0 Å². The Labute approximate surface area is 64.2 Å². The number of hydrogen-bond donors (Lipinski definition) is 1. The molecule has 0 aromatic carbocycles. The summed E-state index contributed by atoms with van der Waals surface area (Å²) >= 11 is 0. The fraction of sp³-hybridized carbons (Fsp3) is 1.00. The van der Waals surface area contributed by atoms with E-state index in [-0.39, 0.29) is 0 Å². The van der Waals surface area contributed by atoms with Gasteiger partial charge in [-0.15, -0.1) is 0 Å². The Morgan fingerprint density at radius 1 is 1.40 bits per heavy atom. The summed E-state index contributed by atoms with van der Waals surface area (Å²) in [5.41, 5.74) is 0. The lowest BCUT2D eigenvalue weighted by Gasteiger charge is -2.38. The maximum atomic E-state index is 3.47. The van der Waals surface area contributed by atoms with Crippen LogP contribution in [-0.4, -0.2) is 12.6 Å². The van der Waals surface area contributed by atoms with Crippen LogP contribution in [0.15, 0.2) is 0 Å². The zero-order valence-corrected chi connectivity index (χ0v) is 7.35. The molecule has 0 aliphatic heterocycles. The largest absolute Gasteiger partial charge is 0.314 e. The van der Waals surface area contributed by atoms with Crippen LogP contribution in [0.5, 0.6) is 0 Å². The molecule has 0 radical (unpaired) electrons. The van der Waals surface area contributed by atoms with Gasteiger partial charge in [0.2, 0.25) is 0 Å². The molecule has 10 heavy (non-hydrogen) atoms. The molecule has 0 aromatic rings. The topological polar surface area (TPSA) is 12.0 Å². The van der Waals surface area contributed by atoms with E-state index in [0.29, 0.717) is 0 Å². The molecule has 60 valence electrons. The first-order valence-corrected chi connectivity index (χ1v) is 4.47. The van der Waals surface area contributed by atoms with Crippen LogP contribution in [0.4, 0.5) is 0 Å².